The van der Waals surface area contributed by atoms with Crippen molar-refractivity contribution < 1.29 is 5.11 Å². The number of aromatic nitrogens is 2. The number of aliphatic hydroxyl groups is 1. The number of rotatable bonds is 3. The Kier molecular flexibility index (Phi) is 3.07. The van der Waals surface area contributed by atoms with E-state index in [-0.39, 0.29) is 6.10 Å². The molecule has 0 aromatic carbocycles. The minimum absolute atomic E-state index is 0.116. The van der Waals surface area contributed by atoms with E-state index >= 15 is 0 Å². The Bertz CT molecular complexity index is 425. The molecule has 1 saturated carbocycles. The molecular weight excluding hydrogens is 228 g/mol. The largest absolute Gasteiger partial charge is 0.393 e. The molecule has 1 aromatic rings. The summed E-state index contributed by atoms with van der Waals surface area (Å²) >= 11 is 0. The van der Waals surface area contributed by atoms with Crippen LogP contribution in [0.1, 0.15) is 19.8 Å². The maximum absolute atomic E-state index is 9.93. The number of hydrogen-bond acceptors (Lipinski definition) is 5. The summed E-state index contributed by atoms with van der Waals surface area (Å²) in [7, 11) is 0. The quantitative estimate of drug-likeness (QED) is 0.839. The second kappa shape index (κ2) is 4.72. The van der Waals surface area contributed by atoms with E-state index in [1.165, 1.54) is 0 Å². The van der Waals surface area contributed by atoms with Crippen molar-refractivity contribution in [1.82, 2.24) is 9.97 Å². The van der Waals surface area contributed by atoms with Crippen molar-refractivity contribution in [1.29, 1.82) is 0 Å². The van der Waals surface area contributed by atoms with Gasteiger partial charge in [0.15, 0.2) is 0 Å². The van der Waals surface area contributed by atoms with Gasteiger partial charge in [0, 0.05) is 31.6 Å². The summed E-state index contributed by atoms with van der Waals surface area (Å²) in [6.45, 7) is 4.86. The van der Waals surface area contributed by atoms with Crippen LogP contribution in [-0.2, 0) is 0 Å². The fourth-order valence-electron chi connectivity index (χ4n) is 3.22. The lowest BCUT2D eigenvalue weighted by molar-refractivity contribution is 0.133. The zero-order chi connectivity index (χ0) is 12.5. The number of nitrogens with one attached hydrogen (secondary N) is 1. The Morgan fingerprint density at radius 1 is 1.39 bits per heavy atom. The van der Waals surface area contributed by atoms with E-state index in [0.29, 0.717) is 11.8 Å². The molecule has 0 spiro atoms. The van der Waals surface area contributed by atoms with Gasteiger partial charge in [-0.05, 0) is 25.7 Å². The zero-order valence-corrected chi connectivity index (χ0v) is 10.7. The Morgan fingerprint density at radius 2 is 2.28 bits per heavy atom. The van der Waals surface area contributed by atoms with Gasteiger partial charge in [-0.25, -0.2) is 9.97 Å². The van der Waals surface area contributed by atoms with Crippen molar-refractivity contribution in [2.45, 2.75) is 25.9 Å². The van der Waals surface area contributed by atoms with E-state index in [2.05, 4.69) is 27.1 Å². The fraction of sp³-hybridized carbons (Fsp3) is 0.692. The van der Waals surface area contributed by atoms with E-state index in [1.807, 2.05) is 6.07 Å². The summed E-state index contributed by atoms with van der Waals surface area (Å²) in [5.41, 5.74) is 0. The van der Waals surface area contributed by atoms with Crippen molar-refractivity contribution in [2.75, 3.05) is 29.9 Å². The van der Waals surface area contributed by atoms with E-state index < -0.39 is 0 Å². The highest BCUT2D eigenvalue weighted by atomic mass is 16.3. The monoisotopic (exact) mass is 248 g/mol. The van der Waals surface area contributed by atoms with E-state index in [0.717, 1.165) is 44.1 Å². The van der Waals surface area contributed by atoms with Crippen LogP contribution in [0.4, 0.5) is 11.6 Å². The summed E-state index contributed by atoms with van der Waals surface area (Å²) < 4.78 is 0. The van der Waals surface area contributed by atoms with Gasteiger partial charge in [0.05, 0.1) is 6.10 Å². The molecule has 3 atom stereocenters. The first-order valence-corrected chi connectivity index (χ1v) is 6.77. The molecule has 2 fully saturated rings. The van der Waals surface area contributed by atoms with Gasteiger partial charge in [0.1, 0.15) is 18.0 Å². The van der Waals surface area contributed by atoms with Crippen LogP contribution in [-0.4, -0.2) is 40.8 Å². The second-order valence-corrected chi connectivity index (χ2v) is 5.27. The van der Waals surface area contributed by atoms with Crippen LogP contribution >= 0.6 is 0 Å². The Hall–Kier alpha value is -1.36. The molecule has 1 saturated heterocycles. The maximum Gasteiger partial charge on any atom is 0.134 e. The van der Waals surface area contributed by atoms with Gasteiger partial charge in [-0.15, -0.1) is 0 Å². The van der Waals surface area contributed by atoms with Crippen LogP contribution in [0.25, 0.3) is 0 Å². The van der Waals surface area contributed by atoms with Gasteiger partial charge in [-0.2, -0.15) is 0 Å². The molecule has 0 bridgehead atoms. The van der Waals surface area contributed by atoms with Gasteiger partial charge in [-0.1, -0.05) is 0 Å². The van der Waals surface area contributed by atoms with E-state index in [1.54, 1.807) is 6.33 Å². The normalized spacial score (nSPS) is 30.6. The summed E-state index contributed by atoms with van der Waals surface area (Å²) in [4.78, 5) is 10.8. The molecule has 1 aliphatic heterocycles. The molecule has 5 nitrogen and oxygen atoms in total. The van der Waals surface area contributed by atoms with Crippen molar-refractivity contribution in [3.8, 4) is 0 Å². The van der Waals surface area contributed by atoms with Gasteiger partial charge < -0.3 is 15.3 Å². The third-order valence-electron chi connectivity index (χ3n) is 4.15. The van der Waals surface area contributed by atoms with Crippen LogP contribution < -0.4 is 10.2 Å². The standard InChI is InChI=1S/C13H20N4O/c1-2-14-12-5-13(16-8-15-12)17-6-9-3-4-11(18)10(9)7-17/h5,8-11,18H,2-4,6-7H2,1H3,(H,14,15,16). The summed E-state index contributed by atoms with van der Waals surface area (Å²) in [5, 5.41) is 13.1. The molecule has 2 aliphatic rings. The summed E-state index contributed by atoms with van der Waals surface area (Å²) in [6.07, 6.45) is 3.61. The van der Waals surface area contributed by atoms with Crippen LogP contribution in [0.3, 0.4) is 0 Å². The lowest BCUT2D eigenvalue weighted by atomic mass is 10.00. The smallest absolute Gasteiger partial charge is 0.134 e. The minimum Gasteiger partial charge on any atom is -0.393 e. The highest BCUT2D eigenvalue weighted by Gasteiger charge is 2.42. The summed E-state index contributed by atoms with van der Waals surface area (Å²) in [6, 6.07) is 2.00. The van der Waals surface area contributed by atoms with E-state index in [9.17, 15) is 5.11 Å². The average molecular weight is 248 g/mol. The Labute approximate surface area is 107 Å². The molecule has 1 aliphatic carbocycles. The first kappa shape index (κ1) is 11.7. The number of hydrogen-bond donors (Lipinski definition) is 2. The van der Waals surface area contributed by atoms with Crippen LogP contribution in [0.15, 0.2) is 12.4 Å². The SMILES string of the molecule is CCNc1cc(N2CC3CCC(O)C3C2)ncn1. The van der Waals surface area contributed by atoms with Crippen molar-refractivity contribution in [2.24, 2.45) is 11.8 Å². The molecule has 5 heteroatoms. The predicted octanol–water partition coefficient (Wildman–Crippen LogP) is 1.12. The van der Waals surface area contributed by atoms with Crippen molar-refractivity contribution in [3.05, 3.63) is 12.4 Å². The molecule has 0 amide bonds. The van der Waals surface area contributed by atoms with Gasteiger partial charge in [0.2, 0.25) is 0 Å². The highest BCUT2D eigenvalue weighted by molar-refractivity contribution is 5.49. The molecule has 98 valence electrons. The fourth-order valence-corrected chi connectivity index (χ4v) is 3.22. The van der Waals surface area contributed by atoms with Crippen molar-refractivity contribution >= 4 is 11.6 Å². The molecule has 0 radical (unpaired) electrons. The number of anilines is 2. The zero-order valence-electron chi connectivity index (χ0n) is 10.7. The first-order valence-electron chi connectivity index (χ1n) is 6.77. The molecule has 1 aromatic heterocycles. The van der Waals surface area contributed by atoms with Crippen LogP contribution in [0.2, 0.25) is 0 Å². The molecular formula is C13H20N4O. The van der Waals surface area contributed by atoms with Gasteiger partial charge >= 0.3 is 0 Å². The Balaban J connectivity index is 1.74. The van der Waals surface area contributed by atoms with Crippen LogP contribution in [0.5, 0.6) is 0 Å². The second-order valence-electron chi connectivity index (χ2n) is 5.27. The topological polar surface area (TPSA) is 61.3 Å². The van der Waals surface area contributed by atoms with E-state index in [4.69, 9.17) is 0 Å². The molecule has 2 N–H and O–H groups in total. The third kappa shape index (κ3) is 2.03. The van der Waals surface area contributed by atoms with Crippen molar-refractivity contribution in [3.63, 3.8) is 0 Å². The van der Waals surface area contributed by atoms with Crippen LogP contribution in [0, 0.1) is 11.8 Å². The molecule has 3 unspecified atom stereocenters. The van der Waals surface area contributed by atoms with Gasteiger partial charge in [0.25, 0.3) is 0 Å². The third-order valence-corrected chi connectivity index (χ3v) is 4.15. The highest BCUT2D eigenvalue weighted by Crippen LogP contribution is 2.39. The maximum atomic E-state index is 9.93. The Morgan fingerprint density at radius 3 is 3.06 bits per heavy atom. The van der Waals surface area contributed by atoms with Gasteiger partial charge in [-0.3, -0.25) is 0 Å². The number of aliphatic hydroxyl groups excluding tert-OH is 1. The minimum atomic E-state index is -0.116. The number of fused-ring (bicyclic) bond motifs is 1. The molecule has 2 heterocycles. The average Bonchev–Trinajstić information content (AvgIpc) is 2.93. The lowest BCUT2D eigenvalue weighted by Crippen LogP contribution is -2.25. The first-order chi connectivity index (χ1) is 8.78. The molecule has 18 heavy (non-hydrogen) atoms. The number of nitrogens with zero attached hydrogens (tertiary/aromatic N) is 3. The lowest BCUT2D eigenvalue weighted by Gasteiger charge is -2.19. The summed E-state index contributed by atoms with van der Waals surface area (Å²) in [5.74, 6) is 2.92. The predicted molar refractivity (Wildman–Crippen MR) is 70.6 cm³/mol. The molecule has 3 rings (SSSR count).